The van der Waals surface area contributed by atoms with E-state index in [4.69, 9.17) is 9.47 Å². The van der Waals surface area contributed by atoms with Gasteiger partial charge in [-0.05, 0) is 78.8 Å². The van der Waals surface area contributed by atoms with Crippen LogP contribution in [0.3, 0.4) is 0 Å². The topological polar surface area (TPSA) is 50.8 Å². The molecule has 32 heavy (non-hydrogen) atoms. The van der Waals surface area contributed by atoms with E-state index in [1.54, 1.807) is 11.3 Å². The predicted octanol–water partition coefficient (Wildman–Crippen LogP) is 4.13. The fourth-order valence-corrected chi connectivity index (χ4v) is 5.62. The summed E-state index contributed by atoms with van der Waals surface area (Å²) in [5, 5.41) is 5.19. The Bertz CT molecular complexity index is 906. The van der Waals surface area contributed by atoms with E-state index >= 15 is 0 Å². The zero-order valence-corrected chi connectivity index (χ0v) is 20.4. The molecular weight excluding hydrogens is 420 g/mol. The lowest BCUT2D eigenvalue weighted by Gasteiger charge is -2.32. The number of hydrogen-bond donors (Lipinski definition) is 1. The van der Waals surface area contributed by atoms with E-state index < -0.39 is 0 Å². The SMILES string of the molecule is Cc1cc(OCCN2CCOCC2)c(C)c2c1CCC(C(C)C(=O)NCc1cccs1)C2. The van der Waals surface area contributed by atoms with Crippen LogP contribution >= 0.6 is 11.3 Å². The molecule has 0 spiro atoms. The Kier molecular flexibility index (Phi) is 7.87. The quantitative estimate of drug-likeness (QED) is 0.649. The molecule has 2 unspecified atom stereocenters. The van der Waals surface area contributed by atoms with Crippen molar-refractivity contribution in [3.8, 4) is 5.75 Å². The van der Waals surface area contributed by atoms with E-state index in [2.05, 4.69) is 48.5 Å². The molecule has 1 fully saturated rings. The van der Waals surface area contributed by atoms with Crippen molar-refractivity contribution in [3.05, 3.63) is 50.7 Å². The van der Waals surface area contributed by atoms with Crippen LogP contribution in [0.25, 0.3) is 0 Å². The third kappa shape index (κ3) is 5.53. The number of rotatable bonds is 8. The van der Waals surface area contributed by atoms with E-state index in [9.17, 15) is 4.79 Å². The summed E-state index contributed by atoms with van der Waals surface area (Å²) in [5.74, 6) is 1.55. The highest BCUT2D eigenvalue weighted by atomic mass is 32.1. The highest BCUT2D eigenvalue weighted by Crippen LogP contribution is 2.37. The van der Waals surface area contributed by atoms with Gasteiger partial charge in [0.15, 0.2) is 0 Å². The summed E-state index contributed by atoms with van der Waals surface area (Å²) < 4.78 is 11.7. The molecule has 2 heterocycles. The molecule has 1 aliphatic heterocycles. The summed E-state index contributed by atoms with van der Waals surface area (Å²) in [6.07, 6.45) is 3.07. The van der Waals surface area contributed by atoms with Gasteiger partial charge in [0.05, 0.1) is 19.8 Å². The third-order valence-electron chi connectivity index (χ3n) is 7.15. The van der Waals surface area contributed by atoms with Crippen LogP contribution in [0.4, 0.5) is 0 Å². The number of hydrogen-bond acceptors (Lipinski definition) is 5. The molecule has 2 atom stereocenters. The van der Waals surface area contributed by atoms with Gasteiger partial charge in [-0.3, -0.25) is 9.69 Å². The molecule has 0 bridgehead atoms. The number of morpholine rings is 1. The third-order valence-corrected chi connectivity index (χ3v) is 8.02. The van der Waals surface area contributed by atoms with E-state index in [1.807, 2.05) is 6.07 Å². The largest absolute Gasteiger partial charge is 0.492 e. The van der Waals surface area contributed by atoms with Gasteiger partial charge in [-0.15, -0.1) is 11.3 Å². The molecule has 5 nitrogen and oxygen atoms in total. The molecule has 2 aromatic rings. The molecule has 2 aliphatic rings. The zero-order valence-electron chi connectivity index (χ0n) is 19.6. The minimum atomic E-state index is 0.00807. The lowest BCUT2D eigenvalue weighted by molar-refractivity contribution is -0.126. The number of thiophene rings is 1. The van der Waals surface area contributed by atoms with Crippen LogP contribution in [0.5, 0.6) is 5.75 Å². The van der Waals surface area contributed by atoms with Gasteiger partial charge in [0, 0.05) is 30.4 Å². The van der Waals surface area contributed by atoms with E-state index in [0.29, 0.717) is 19.1 Å². The second kappa shape index (κ2) is 10.8. The molecular formula is C26H36N2O3S. The van der Waals surface area contributed by atoms with Crippen molar-refractivity contribution >= 4 is 17.2 Å². The molecule has 1 aromatic heterocycles. The van der Waals surface area contributed by atoms with E-state index in [0.717, 1.165) is 57.9 Å². The summed E-state index contributed by atoms with van der Waals surface area (Å²) in [4.78, 5) is 16.4. The second-order valence-corrected chi connectivity index (χ2v) is 10.2. The Morgan fingerprint density at radius 2 is 2.12 bits per heavy atom. The summed E-state index contributed by atoms with van der Waals surface area (Å²) in [6, 6.07) is 6.31. The monoisotopic (exact) mass is 456 g/mol. The molecule has 1 N–H and O–H groups in total. The van der Waals surface area contributed by atoms with Gasteiger partial charge in [-0.2, -0.15) is 0 Å². The average molecular weight is 457 g/mol. The molecule has 1 amide bonds. The Morgan fingerprint density at radius 3 is 2.88 bits per heavy atom. The Morgan fingerprint density at radius 1 is 1.31 bits per heavy atom. The van der Waals surface area contributed by atoms with Crippen molar-refractivity contribution in [2.75, 3.05) is 39.5 Å². The van der Waals surface area contributed by atoms with Crippen molar-refractivity contribution in [1.82, 2.24) is 10.2 Å². The summed E-state index contributed by atoms with van der Waals surface area (Å²) in [5.41, 5.74) is 5.44. The first-order valence-corrected chi connectivity index (χ1v) is 12.8. The first kappa shape index (κ1) is 23.3. The lowest BCUT2D eigenvalue weighted by Crippen LogP contribution is -2.38. The van der Waals surface area contributed by atoms with Crippen LogP contribution in [-0.4, -0.2) is 50.3 Å². The number of carbonyl (C=O) groups is 1. The van der Waals surface area contributed by atoms with Gasteiger partial charge in [0.25, 0.3) is 0 Å². The van der Waals surface area contributed by atoms with Crippen molar-refractivity contribution in [2.45, 2.75) is 46.6 Å². The van der Waals surface area contributed by atoms with Gasteiger partial charge in [-0.25, -0.2) is 0 Å². The number of nitrogens with one attached hydrogen (secondary N) is 1. The standard InChI is InChI=1S/C26H36N2O3S/c1-18-15-25(31-13-10-28-8-11-30-12-9-28)20(3)24-16-21(6-7-23(18)24)19(2)26(29)27-17-22-5-4-14-32-22/h4-5,14-15,19,21H,6-13,16-17H2,1-3H3,(H,27,29). The number of amides is 1. The Balaban J connectivity index is 1.38. The van der Waals surface area contributed by atoms with Crippen molar-refractivity contribution in [3.63, 3.8) is 0 Å². The van der Waals surface area contributed by atoms with Crippen LogP contribution < -0.4 is 10.1 Å². The van der Waals surface area contributed by atoms with Crippen LogP contribution in [0.1, 0.15) is 40.5 Å². The highest BCUT2D eigenvalue weighted by molar-refractivity contribution is 7.09. The molecule has 0 radical (unpaired) electrons. The van der Waals surface area contributed by atoms with Gasteiger partial charge in [0.2, 0.25) is 5.91 Å². The number of benzene rings is 1. The van der Waals surface area contributed by atoms with E-state index in [-0.39, 0.29) is 11.8 Å². The molecule has 0 saturated carbocycles. The molecule has 1 aliphatic carbocycles. The van der Waals surface area contributed by atoms with Crippen LogP contribution in [0.2, 0.25) is 0 Å². The lowest BCUT2D eigenvalue weighted by atomic mass is 9.74. The molecule has 1 aromatic carbocycles. The molecule has 6 heteroatoms. The number of aryl methyl sites for hydroxylation is 1. The summed E-state index contributed by atoms with van der Waals surface area (Å²) in [7, 11) is 0. The summed E-state index contributed by atoms with van der Waals surface area (Å²) >= 11 is 1.69. The number of fused-ring (bicyclic) bond motifs is 1. The van der Waals surface area contributed by atoms with Crippen molar-refractivity contribution < 1.29 is 14.3 Å². The Hall–Kier alpha value is -1.89. The number of nitrogens with zero attached hydrogens (tertiary/aromatic N) is 1. The van der Waals surface area contributed by atoms with E-state index in [1.165, 1.54) is 27.1 Å². The summed E-state index contributed by atoms with van der Waals surface area (Å²) in [6.45, 7) is 12.3. The maximum Gasteiger partial charge on any atom is 0.223 e. The van der Waals surface area contributed by atoms with Crippen LogP contribution in [0, 0.1) is 25.7 Å². The molecule has 1 saturated heterocycles. The Labute approximate surface area is 196 Å². The van der Waals surface area contributed by atoms with Gasteiger partial charge in [-0.1, -0.05) is 13.0 Å². The smallest absolute Gasteiger partial charge is 0.223 e. The maximum absolute atomic E-state index is 12.8. The number of carbonyl (C=O) groups excluding carboxylic acids is 1. The van der Waals surface area contributed by atoms with Crippen molar-refractivity contribution in [1.29, 1.82) is 0 Å². The fraction of sp³-hybridized carbons (Fsp3) is 0.577. The minimum absolute atomic E-state index is 0.00807. The highest BCUT2D eigenvalue weighted by Gasteiger charge is 2.30. The minimum Gasteiger partial charge on any atom is -0.492 e. The molecule has 4 rings (SSSR count). The first-order chi connectivity index (χ1) is 15.5. The van der Waals surface area contributed by atoms with Gasteiger partial charge >= 0.3 is 0 Å². The molecule has 174 valence electrons. The maximum atomic E-state index is 12.8. The van der Waals surface area contributed by atoms with Gasteiger partial charge in [0.1, 0.15) is 12.4 Å². The van der Waals surface area contributed by atoms with Crippen molar-refractivity contribution in [2.24, 2.45) is 11.8 Å². The van der Waals surface area contributed by atoms with Gasteiger partial charge < -0.3 is 14.8 Å². The second-order valence-electron chi connectivity index (χ2n) is 9.16. The zero-order chi connectivity index (χ0) is 22.5. The van der Waals surface area contributed by atoms with Crippen LogP contribution in [0.15, 0.2) is 23.6 Å². The average Bonchev–Trinajstić information content (AvgIpc) is 3.34. The predicted molar refractivity (Wildman–Crippen MR) is 130 cm³/mol. The number of ether oxygens (including phenoxy) is 2. The normalized spacial score (nSPS) is 19.9. The fourth-order valence-electron chi connectivity index (χ4n) is 4.97. The first-order valence-electron chi connectivity index (χ1n) is 11.9. The van der Waals surface area contributed by atoms with Crippen LogP contribution in [-0.2, 0) is 28.9 Å².